The smallest absolute Gasteiger partial charge is 0.228 e. The number of benzene rings is 1. The first-order valence-electron chi connectivity index (χ1n) is 10.5. The van der Waals surface area contributed by atoms with Crippen molar-refractivity contribution in [3.8, 4) is 11.1 Å². The number of hydrogen-bond donors (Lipinski definition) is 4. The number of carbonyl (C=O) groups is 1. The number of fused-ring (bicyclic) bond motifs is 1. The van der Waals surface area contributed by atoms with Crippen LogP contribution >= 0.6 is 0 Å². The summed E-state index contributed by atoms with van der Waals surface area (Å²) in [4.78, 5) is 16.4. The van der Waals surface area contributed by atoms with Gasteiger partial charge in [0.25, 0.3) is 0 Å². The van der Waals surface area contributed by atoms with Crippen LogP contribution < -0.4 is 21.9 Å². The second-order valence-electron chi connectivity index (χ2n) is 8.23. The third-order valence-corrected chi connectivity index (χ3v) is 5.66. The molecule has 0 radical (unpaired) electrons. The van der Waals surface area contributed by atoms with E-state index in [9.17, 15) is 4.79 Å². The van der Waals surface area contributed by atoms with Crippen molar-refractivity contribution in [2.45, 2.75) is 33.2 Å². The van der Waals surface area contributed by atoms with Crippen molar-refractivity contribution in [2.24, 2.45) is 11.8 Å². The van der Waals surface area contributed by atoms with E-state index in [1.807, 2.05) is 44.2 Å². The molecule has 6 N–H and O–H groups in total. The van der Waals surface area contributed by atoms with E-state index in [0.717, 1.165) is 41.1 Å². The summed E-state index contributed by atoms with van der Waals surface area (Å²) in [6.45, 7) is 4.28. The normalized spacial score (nSPS) is 13.5. The lowest BCUT2D eigenvalue weighted by Gasteiger charge is -2.21. The third-order valence-electron chi connectivity index (χ3n) is 5.66. The van der Waals surface area contributed by atoms with Gasteiger partial charge >= 0.3 is 0 Å². The van der Waals surface area contributed by atoms with Crippen LogP contribution in [0.15, 0.2) is 36.5 Å². The minimum absolute atomic E-state index is 0.0141. The van der Waals surface area contributed by atoms with E-state index in [4.69, 9.17) is 11.6 Å². The largest absolute Gasteiger partial charge is 0.397 e. The predicted molar refractivity (Wildman–Crippen MR) is 123 cm³/mol. The van der Waals surface area contributed by atoms with Crippen LogP contribution in [0.3, 0.4) is 0 Å². The molecule has 0 atom stereocenters. The Morgan fingerprint density at radius 2 is 2.09 bits per heavy atom. The summed E-state index contributed by atoms with van der Waals surface area (Å²) >= 11 is 0. The summed E-state index contributed by atoms with van der Waals surface area (Å²) in [7, 11) is 0. The van der Waals surface area contributed by atoms with Gasteiger partial charge < -0.3 is 16.1 Å². The van der Waals surface area contributed by atoms with Crippen molar-refractivity contribution in [3.63, 3.8) is 0 Å². The van der Waals surface area contributed by atoms with Gasteiger partial charge in [0.1, 0.15) is 0 Å². The number of nitrogens with two attached hydrogens (primary N) is 2. The summed E-state index contributed by atoms with van der Waals surface area (Å²) in [6, 6.07) is 9.48. The number of nitrogens with zero attached hydrogens (tertiary/aromatic N) is 5. The lowest BCUT2D eigenvalue weighted by atomic mass is 10.0. The third kappa shape index (κ3) is 3.76. The Morgan fingerprint density at radius 3 is 2.81 bits per heavy atom. The number of hydrogen-bond acceptors (Lipinski definition) is 7. The molecule has 3 heterocycles. The highest BCUT2D eigenvalue weighted by molar-refractivity contribution is 5.93. The molecule has 164 valence electrons. The fourth-order valence-electron chi connectivity index (χ4n) is 3.82. The number of hydrazine groups is 1. The van der Waals surface area contributed by atoms with E-state index < -0.39 is 0 Å². The number of H-pyrrole nitrogens is 1. The van der Waals surface area contributed by atoms with Gasteiger partial charge in [-0.05, 0) is 56.5 Å². The molecule has 4 aromatic rings. The second-order valence-corrected chi connectivity index (χ2v) is 8.23. The van der Waals surface area contributed by atoms with Crippen LogP contribution in [0, 0.1) is 19.8 Å². The van der Waals surface area contributed by atoms with Crippen LogP contribution in [-0.4, -0.2) is 30.7 Å². The first-order chi connectivity index (χ1) is 15.4. The number of nitrogens with one attached hydrogen (secondary N) is 2. The zero-order valence-electron chi connectivity index (χ0n) is 18.0. The van der Waals surface area contributed by atoms with Gasteiger partial charge in [-0.25, -0.2) is 15.3 Å². The lowest BCUT2D eigenvalue weighted by molar-refractivity contribution is -0.117. The monoisotopic (exact) mass is 431 g/mol. The highest BCUT2D eigenvalue weighted by Crippen LogP contribution is 2.32. The van der Waals surface area contributed by atoms with Crippen molar-refractivity contribution < 1.29 is 4.79 Å². The molecule has 0 bridgehead atoms. The van der Waals surface area contributed by atoms with Crippen molar-refractivity contribution in [3.05, 3.63) is 53.6 Å². The Kier molecular flexibility index (Phi) is 4.78. The maximum Gasteiger partial charge on any atom is 0.228 e. The molecule has 1 fully saturated rings. The number of aryl methyl sites for hydroxylation is 2. The predicted octanol–water partition coefficient (Wildman–Crippen LogP) is 2.55. The van der Waals surface area contributed by atoms with Gasteiger partial charge in [0, 0.05) is 17.2 Å². The minimum atomic E-state index is 0.0141. The lowest BCUT2D eigenvalue weighted by Crippen LogP contribution is -2.31. The molecule has 10 nitrogen and oxygen atoms in total. The molecule has 0 saturated heterocycles. The van der Waals surface area contributed by atoms with E-state index >= 15 is 0 Å². The second kappa shape index (κ2) is 7.65. The maximum atomic E-state index is 12.0. The van der Waals surface area contributed by atoms with Crippen molar-refractivity contribution in [1.82, 2.24) is 24.8 Å². The van der Waals surface area contributed by atoms with Crippen LogP contribution in [0.1, 0.15) is 29.9 Å². The molecule has 5 rings (SSSR count). The topological polar surface area (TPSA) is 143 Å². The highest BCUT2D eigenvalue weighted by atomic mass is 16.2. The molecular formula is C22H25N9O. The van der Waals surface area contributed by atoms with Crippen LogP contribution in [-0.2, 0) is 11.3 Å². The molecule has 1 aliphatic rings. The van der Waals surface area contributed by atoms with Gasteiger partial charge in [-0.1, -0.05) is 6.07 Å². The van der Waals surface area contributed by atoms with Gasteiger partial charge in [0.15, 0.2) is 11.5 Å². The van der Waals surface area contributed by atoms with Crippen LogP contribution in [0.4, 0.5) is 17.2 Å². The standard InChI is InChI=1S/C22H25N9O/c1-12-21(13(2)28-27-12)15-5-7-17(23)18(9-15)30(24)10-16-6-8-20-25-19(11-31(20)29-16)26-22(32)14-3-4-14/h5-9,11,14H,3-4,10,23-24H2,1-2H3,(H,26,32)(H,27,28). The zero-order chi connectivity index (χ0) is 22.4. The van der Waals surface area contributed by atoms with Gasteiger partial charge in [0.05, 0.1) is 35.5 Å². The summed E-state index contributed by atoms with van der Waals surface area (Å²) in [5.41, 5.74) is 12.8. The Labute approximate surface area is 184 Å². The Morgan fingerprint density at radius 1 is 1.28 bits per heavy atom. The van der Waals surface area contributed by atoms with Gasteiger partial charge in [-0.2, -0.15) is 10.2 Å². The Hall–Kier alpha value is -3.92. The van der Waals surface area contributed by atoms with E-state index in [2.05, 4.69) is 25.6 Å². The number of carbonyl (C=O) groups excluding carboxylic acids is 1. The molecular weight excluding hydrogens is 406 g/mol. The molecule has 1 aromatic carbocycles. The fraction of sp³-hybridized carbons (Fsp3) is 0.273. The number of imidazole rings is 1. The van der Waals surface area contributed by atoms with Crippen LogP contribution in [0.5, 0.6) is 0 Å². The summed E-state index contributed by atoms with van der Waals surface area (Å²) in [5.74, 6) is 7.02. The average Bonchev–Trinajstić information content (AvgIpc) is 3.46. The van der Waals surface area contributed by atoms with Gasteiger partial charge in [-0.3, -0.25) is 9.89 Å². The Bertz CT molecular complexity index is 1300. The highest BCUT2D eigenvalue weighted by Gasteiger charge is 2.30. The summed E-state index contributed by atoms with van der Waals surface area (Å²) < 4.78 is 1.64. The number of amides is 1. The Balaban J connectivity index is 1.37. The zero-order valence-corrected chi connectivity index (χ0v) is 18.0. The quantitative estimate of drug-likeness (QED) is 0.209. The number of aromatic amines is 1. The molecule has 10 heteroatoms. The van der Waals surface area contributed by atoms with E-state index in [-0.39, 0.29) is 11.8 Å². The van der Waals surface area contributed by atoms with Gasteiger partial charge in [0.2, 0.25) is 5.91 Å². The van der Waals surface area contributed by atoms with Crippen molar-refractivity contribution in [1.29, 1.82) is 0 Å². The molecule has 0 aliphatic heterocycles. The molecule has 1 saturated carbocycles. The first-order valence-corrected chi connectivity index (χ1v) is 10.5. The average molecular weight is 432 g/mol. The SMILES string of the molecule is Cc1n[nH]c(C)c1-c1ccc(N)c(N(N)Cc2ccc3nc(NC(=O)C4CC4)cn3n2)c1. The number of aromatic nitrogens is 5. The van der Waals surface area contributed by atoms with E-state index in [1.54, 1.807) is 15.7 Å². The molecule has 1 aliphatic carbocycles. The van der Waals surface area contributed by atoms with E-state index in [0.29, 0.717) is 29.4 Å². The summed E-state index contributed by atoms with van der Waals surface area (Å²) in [6.07, 6.45) is 3.59. The molecule has 32 heavy (non-hydrogen) atoms. The maximum absolute atomic E-state index is 12.0. The first kappa shape index (κ1) is 20.0. The van der Waals surface area contributed by atoms with Crippen molar-refractivity contribution >= 4 is 28.7 Å². The number of rotatable bonds is 6. The van der Waals surface area contributed by atoms with Crippen LogP contribution in [0.25, 0.3) is 16.8 Å². The molecule has 1 amide bonds. The molecule has 3 aromatic heterocycles. The number of anilines is 3. The van der Waals surface area contributed by atoms with Crippen LogP contribution in [0.2, 0.25) is 0 Å². The van der Waals surface area contributed by atoms with Gasteiger partial charge in [-0.15, -0.1) is 0 Å². The fourth-order valence-corrected chi connectivity index (χ4v) is 3.82. The van der Waals surface area contributed by atoms with Crippen molar-refractivity contribution in [2.75, 3.05) is 16.1 Å². The minimum Gasteiger partial charge on any atom is -0.397 e. The number of nitrogen functional groups attached to an aromatic ring is 1. The molecule has 0 unspecified atom stereocenters. The summed E-state index contributed by atoms with van der Waals surface area (Å²) in [5, 5.41) is 16.3. The van der Waals surface area contributed by atoms with E-state index in [1.165, 1.54) is 0 Å². The molecule has 0 spiro atoms.